The van der Waals surface area contributed by atoms with E-state index in [1.807, 2.05) is 19.1 Å². The highest BCUT2D eigenvalue weighted by Crippen LogP contribution is 2.32. The monoisotopic (exact) mass is 475 g/mol. The molecule has 1 aliphatic heterocycles. The van der Waals surface area contributed by atoms with Crippen molar-refractivity contribution in [1.29, 1.82) is 0 Å². The van der Waals surface area contributed by atoms with Crippen molar-refractivity contribution in [3.05, 3.63) is 26.6 Å². The van der Waals surface area contributed by atoms with E-state index in [2.05, 4.69) is 47.2 Å². The van der Waals surface area contributed by atoms with Crippen LogP contribution in [0.4, 0.5) is 10.5 Å². The lowest BCUT2D eigenvalue weighted by atomic mass is 10.2. The summed E-state index contributed by atoms with van der Waals surface area (Å²) in [5.74, 6) is -1.82. The average molecular weight is 477 g/mol. The minimum Gasteiger partial charge on any atom is -0.469 e. The van der Waals surface area contributed by atoms with E-state index in [1.165, 1.54) is 7.11 Å². The average Bonchev–Trinajstić information content (AvgIpc) is 2.78. The van der Waals surface area contributed by atoms with Gasteiger partial charge in [0.2, 0.25) is 5.91 Å². The van der Waals surface area contributed by atoms with Gasteiger partial charge in [-0.1, -0.05) is 0 Å². The van der Waals surface area contributed by atoms with E-state index in [0.29, 0.717) is 14.6 Å². The summed E-state index contributed by atoms with van der Waals surface area (Å²) in [6.45, 7) is 1.44. The van der Waals surface area contributed by atoms with Crippen molar-refractivity contribution in [2.75, 3.05) is 19.0 Å². The van der Waals surface area contributed by atoms with Gasteiger partial charge in [-0.15, -0.1) is 0 Å². The summed E-state index contributed by atoms with van der Waals surface area (Å²) in [5, 5.41) is 5.00. The van der Waals surface area contributed by atoms with Crippen molar-refractivity contribution < 1.29 is 23.9 Å². The number of imide groups is 1. The molecule has 1 aliphatic rings. The summed E-state index contributed by atoms with van der Waals surface area (Å²) in [4.78, 5) is 48.3. The maximum Gasteiger partial charge on any atom is 0.325 e. The zero-order valence-electron chi connectivity index (χ0n) is 13.4. The number of urea groups is 1. The van der Waals surface area contributed by atoms with E-state index >= 15 is 0 Å². The molecule has 1 atom stereocenters. The Morgan fingerprint density at radius 3 is 2.44 bits per heavy atom. The second-order valence-corrected chi connectivity index (χ2v) is 7.07. The Morgan fingerprint density at radius 2 is 1.88 bits per heavy atom. The number of benzene rings is 1. The summed E-state index contributed by atoms with van der Waals surface area (Å²) in [5.41, 5.74) is 1.48. The van der Waals surface area contributed by atoms with Crippen molar-refractivity contribution in [1.82, 2.24) is 10.2 Å². The highest BCUT2D eigenvalue weighted by molar-refractivity contribution is 9.11. The zero-order chi connectivity index (χ0) is 18.7. The van der Waals surface area contributed by atoms with E-state index in [4.69, 9.17) is 0 Å². The number of esters is 1. The number of carbonyl (C=O) groups excluding carboxylic acids is 4. The van der Waals surface area contributed by atoms with Crippen molar-refractivity contribution in [2.45, 2.75) is 19.4 Å². The summed E-state index contributed by atoms with van der Waals surface area (Å²) in [7, 11) is 1.19. The number of hydrogen-bond acceptors (Lipinski definition) is 5. The fraction of sp³-hybridized carbons (Fsp3) is 0.333. The molecule has 25 heavy (non-hydrogen) atoms. The number of rotatable bonds is 5. The Bertz CT molecular complexity index is 730. The van der Waals surface area contributed by atoms with Crippen LogP contribution in [0, 0.1) is 6.92 Å². The molecule has 8 nitrogen and oxygen atoms in total. The molecule has 134 valence electrons. The van der Waals surface area contributed by atoms with Gasteiger partial charge in [0, 0.05) is 8.95 Å². The van der Waals surface area contributed by atoms with Crippen LogP contribution in [0.15, 0.2) is 21.1 Å². The van der Waals surface area contributed by atoms with Crippen LogP contribution in [0.25, 0.3) is 0 Å². The van der Waals surface area contributed by atoms with Crippen LogP contribution in [0.1, 0.15) is 12.0 Å². The van der Waals surface area contributed by atoms with E-state index in [9.17, 15) is 19.2 Å². The molecule has 1 heterocycles. The molecule has 0 bridgehead atoms. The van der Waals surface area contributed by atoms with Crippen LogP contribution >= 0.6 is 31.9 Å². The molecule has 10 heteroatoms. The highest BCUT2D eigenvalue weighted by Gasteiger charge is 2.40. The van der Waals surface area contributed by atoms with Gasteiger partial charge in [-0.05, 0) is 56.5 Å². The predicted octanol–water partition coefficient (Wildman–Crippen LogP) is 1.94. The first-order chi connectivity index (χ1) is 11.7. The Morgan fingerprint density at radius 1 is 1.28 bits per heavy atom. The smallest absolute Gasteiger partial charge is 0.325 e. The number of nitrogens with zero attached hydrogens (tertiary/aromatic N) is 1. The normalized spacial score (nSPS) is 16.6. The quantitative estimate of drug-likeness (QED) is 0.499. The van der Waals surface area contributed by atoms with E-state index < -0.39 is 36.4 Å². The van der Waals surface area contributed by atoms with Crippen molar-refractivity contribution in [3.63, 3.8) is 0 Å². The van der Waals surface area contributed by atoms with E-state index in [0.717, 1.165) is 10.5 Å². The third kappa shape index (κ3) is 4.57. The van der Waals surface area contributed by atoms with Gasteiger partial charge in [0.1, 0.15) is 12.6 Å². The number of halogens is 2. The Kier molecular flexibility index (Phi) is 6.17. The predicted molar refractivity (Wildman–Crippen MR) is 95.9 cm³/mol. The topological polar surface area (TPSA) is 105 Å². The molecule has 1 aromatic rings. The molecular weight excluding hydrogens is 462 g/mol. The molecule has 1 aromatic carbocycles. The number of carbonyl (C=O) groups is 4. The maximum atomic E-state index is 12.2. The maximum absolute atomic E-state index is 12.2. The van der Waals surface area contributed by atoms with Crippen molar-refractivity contribution >= 4 is 61.4 Å². The van der Waals surface area contributed by atoms with Crippen LogP contribution in [0.3, 0.4) is 0 Å². The Labute approximate surface area is 160 Å². The number of anilines is 1. The molecule has 0 unspecified atom stereocenters. The second-order valence-electron chi connectivity index (χ2n) is 5.36. The zero-order valence-corrected chi connectivity index (χ0v) is 16.6. The lowest BCUT2D eigenvalue weighted by Crippen LogP contribution is -2.38. The summed E-state index contributed by atoms with van der Waals surface area (Å²) in [6, 6.07) is 1.89. The minimum atomic E-state index is -1.02. The van der Waals surface area contributed by atoms with E-state index in [1.54, 1.807) is 0 Å². The summed E-state index contributed by atoms with van der Waals surface area (Å²) >= 11 is 6.70. The fourth-order valence-corrected chi connectivity index (χ4v) is 3.87. The van der Waals surface area contributed by atoms with Crippen LogP contribution in [-0.2, 0) is 19.1 Å². The van der Waals surface area contributed by atoms with Gasteiger partial charge in [0.15, 0.2) is 0 Å². The number of ether oxygens (including phenoxy) is 1. The third-order valence-electron chi connectivity index (χ3n) is 3.46. The van der Waals surface area contributed by atoms with Crippen LogP contribution in [0.5, 0.6) is 0 Å². The fourth-order valence-electron chi connectivity index (χ4n) is 2.26. The number of nitrogens with one attached hydrogen (secondary N) is 2. The lowest BCUT2D eigenvalue weighted by Gasteiger charge is -2.15. The molecule has 0 aromatic heterocycles. The number of amides is 4. The van der Waals surface area contributed by atoms with Gasteiger partial charge in [-0.2, -0.15) is 0 Å². The summed E-state index contributed by atoms with van der Waals surface area (Å²) in [6.07, 6.45) is -0.283. The molecular formula is C15H15Br2N3O5. The SMILES string of the molecule is COC(=O)C[C@H]1NC(=O)N(CC(=O)Nc2c(Br)cc(C)cc2Br)C1=O. The Balaban J connectivity index is 2.04. The van der Waals surface area contributed by atoms with Gasteiger partial charge in [-0.3, -0.25) is 19.3 Å². The first kappa shape index (κ1) is 19.4. The molecule has 2 N–H and O–H groups in total. The molecule has 0 aliphatic carbocycles. The van der Waals surface area contributed by atoms with Gasteiger partial charge in [0.05, 0.1) is 19.2 Å². The van der Waals surface area contributed by atoms with Crippen LogP contribution < -0.4 is 10.6 Å². The number of aryl methyl sites for hydroxylation is 1. The highest BCUT2D eigenvalue weighted by atomic mass is 79.9. The number of methoxy groups -OCH3 is 1. The van der Waals surface area contributed by atoms with Crippen LogP contribution in [-0.4, -0.2) is 48.4 Å². The summed E-state index contributed by atoms with van der Waals surface area (Å²) < 4.78 is 5.80. The third-order valence-corrected chi connectivity index (χ3v) is 4.71. The first-order valence-electron chi connectivity index (χ1n) is 7.17. The Hall–Kier alpha value is -1.94. The molecule has 0 radical (unpaired) electrons. The van der Waals surface area contributed by atoms with Gasteiger partial charge >= 0.3 is 12.0 Å². The molecule has 1 saturated heterocycles. The largest absolute Gasteiger partial charge is 0.469 e. The van der Waals surface area contributed by atoms with Crippen LogP contribution in [0.2, 0.25) is 0 Å². The van der Waals surface area contributed by atoms with Crippen molar-refractivity contribution in [2.24, 2.45) is 0 Å². The molecule has 0 spiro atoms. The van der Waals surface area contributed by atoms with E-state index in [-0.39, 0.29) is 6.42 Å². The number of hydrogen-bond donors (Lipinski definition) is 2. The molecule has 2 rings (SSSR count). The standard InChI is InChI=1S/C15H15Br2N3O5/c1-7-3-8(16)13(9(17)4-7)19-11(21)6-20-14(23)10(18-15(20)24)5-12(22)25-2/h3-4,10H,5-6H2,1-2H3,(H,18,24)(H,19,21)/t10-/m1/s1. The van der Waals surface area contributed by atoms with Gasteiger partial charge in [-0.25, -0.2) is 4.79 Å². The minimum absolute atomic E-state index is 0.283. The van der Waals surface area contributed by atoms with Gasteiger partial charge in [0.25, 0.3) is 5.91 Å². The van der Waals surface area contributed by atoms with Gasteiger partial charge < -0.3 is 15.4 Å². The molecule has 0 saturated carbocycles. The lowest BCUT2D eigenvalue weighted by molar-refractivity contribution is -0.143. The molecule has 4 amide bonds. The second kappa shape index (κ2) is 7.96. The molecule has 1 fully saturated rings. The van der Waals surface area contributed by atoms with Crippen molar-refractivity contribution in [3.8, 4) is 0 Å². The first-order valence-corrected chi connectivity index (χ1v) is 8.75.